The first-order chi connectivity index (χ1) is 7.24. The fourth-order valence-corrected chi connectivity index (χ4v) is 1.49. The molecule has 0 atom stereocenters. The highest BCUT2D eigenvalue weighted by Crippen LogP contribution is 2.15. The molecule has 4 heteroatoms. The Kier molecular flexibility index (Phi) is 2.25. The molecule has 1 aromatic carbocycles. The molecule has 0 fully saturated rings. The van der Waals surface area contributed by atoms with Gasteiger partial charge in [-0.05, 0) is 6.07 Å². The van der Waals surface area contributed by atoms with Gasteiger partial charge in [-0.25, -0.2) is 4.79 Å². The number of nitrogens with zero attached hydrogens (tertiary/aromatic N) is 1. The minimum atomic E-state index is -0.438. The van der Waals surface area contributed by atoms with Crippen molar-refractivity contribution >= 4 is 16.9 Å². The highest BCUT2D eigenvalue weighted by Gasteiger charge is 2.14. The van der Waals surface area contributed by atoms with Crippen LogP contribution in [0.25, 0.3) is 10.9 Å². The summed E-state index contributed by atoms with van der Waals surface area (Å²) in [6.07, 6.45) is 1.30. The van der Waals surface area contributed by atoms with Gasteiger partial charge >= 0.3 is 5.97 Å². The Balaban J connectivity index is 2.77. The van der Waals surface area contributed by atoms with E-state index in [4.69, 9.17) is 0 Å². The number of methoxy groups -OCH3 is 1. The third-order valence-corrected chi connectivity index (χ3v) is 2.21. The predicted molar refractivity (Wildman–Crippen MR) is 54.2 cm³/mol. The minimum absolute atomic E-state index is 0.403. The smallest absolute Gasteiger partial charge is 0.338 e. The van der Waals surface area contributed by atoms with Gasteiger partial charge in [0.1, 0.15) is 0 Å². The van der Waals surface area contributed by atoms with Crippen LogP contribution in [0, 0.1) is 5.21 Å². The number of ether oxygens (including phenoxy) is 1. The van der Waals surface area contributed by atoms with Crippen LogP contribution in [0.3, 0.4) is 0 Å². The van der Waals surface area contributed by atoms with Gasteiger partial charge in [-0.1, -0.05) is 12.1 Å². The normalized spacial score (nSPS) is 10.2. The topological polar surface area (TPSA) is 53.2 Å². The van der Waals surface area contributed by atoms with Crippen molar-refractivity contribution < 1.29 is 14.3 Å². The summed E-state index contributed by atoms with van der Waals surface area (Å²) < 4.78 is 5.36. The lowest BCUT2D eigenvalue weighted by Crippen LogP contribution is -2.27. The van der Waals surface area contributed by atoms with Crippen LogP contribution >= 0.6 is 0 Å². The molecule has 0 saturated carbocycles. The van der Waals surface area contributed by atoms with Crippen LogP contribution in [0.15, 0.2) is 36.5 Å². The lowest BCUT2D eigenvalue weighted by molar-refractivity contribution is -0.577. The Morgan fingerprint density at radius 1 is 1.33 bits per heavy atom. The van der Waals surface area contributed by atoms with Gasteiger partial charge in [-0.15, -0.1) is 0 Å². The average molecular weight is 203 g/mol. The van der Waals surface area contributed by atoms with E-state index in [-0.39, 0.29) is 0 Å². The summed E-state index contributed by atoms with van der Waals surface area (Å²) in [5.41, 5.74) is 0.862. The third kappa shape index (κ3) is 1.50. The van der Waals surface area contributed by atoms with E-state index in [0.717, 1.165) is 4.73 Å². The first kappa shape index (κ1) is 9.45. The van der Waals surface area contributed by atoms with E-state index in [2.05, 4.69) is 4.74 Å². The Hall–Kier alpha value is -2.10. The number of fused-ring (bicyclic) bond motifs is 1. The minimum Gasteiger partial charge on any atom is -0.618 e. The largest absolute Gasteiger partial charge is 0.618 e. The molecule has 76 valence electrons. The van der Waals surface area contributed by atoms with Crippen LogP contribution in [-0.2, 0) is 4.74 Å². The van der Waals surface area contributed by atoms with Crippen molar-refractivity contribution in [3.63, 3.8) is 0 Å². The highest BCUT2D eigenvalue weighted by molar-refractivity contribution is 6.02. The van der Waals surface area contributed by atoms with Gasteiger partial charge < -0.3 is 9.94 Å². The zero-order valence-electron chi connectivity index (χ0n) is 8.14. The van der Waals surface area contributed by atoms with Crippen LogP contribution in [0.4, 0.5) is 0 Å². The number of carbonyl (C=O) groups is 1. The molecule has 2 aromatic rings. The molecule has 1 aromatic heterocycles. The van der Waals surface area contributed by atoms with Crippen LogP contribution < -0.4 is 4.73 Å². The number of benzene rings is 1. The Labute approximate surface area is 86.3 Å². The molecule has 0 spiro atoms. The first-order valence-corrected chi connectivity index (χ1v) is 4.43. The fourth-order valence-electron chi connectivity index (χ4n) is 1.49. The lowest BCUT2D eigenvalue weighted by atomic mass is 10.1. The van der Waals surface area contributed by atoms with Crippen molar-refractivity contribution in [3.8, 4) is 0 Å². The molecule has 1 heterocycles. The van der Waals surface area contributed by atoms with Crippen LogP contribution in [-0.4, -0.2) is 13.1 Å². The first-order valence-electron chi connectivity index (χ1n) is 4.43. The number of aromatic nitrogens is 1. The average Bonchev–Trinajstić information content (AvgIpc) is 2.29. The van der Waals surface area contributed by atoms with Crippen molar-refractivity contribution in [2.75, 3.05) is 7.11 Å². The number of para-hydroxylation sites is 1. The molecule has 0 aliphatic rings. The molecule has 0 bridgehead atoms. The molecule has 0 aliphatic heterocycles. The quantitative estimate of drug-likeness (QED) is 0.398. The summed E-state index contributed by atoms with van der Waals surface area (Å²) in [5.74, 6) is -0.438. The molecule has 0 unspecified atom stereocenters. The Bertz CT molecular complexity index is 522. The van der Waals surface area contributed by atoms with Crippen LogP contribution in [0.2, 0.25) is 0 Å². The van der Waals surface area contributed by atoms with E-state index in [1.54, 1.807) is 24.3 Å². The second kappa shape index (κ2) is 3.57. The van der Waals surface area contributed by atoms with Gasteiger partial charge in [-0.2, -0.15) is 4.73 Å². The molecule has 15 heavy (non-hydrogen) atoms. The summed E-state index contributed by atoms with van der Waals surface area (Å²) in [6, 6.07) is 8.36. The van der Waals surface area contributed by atoms with E-state index >= 15 is 0 Å². The number of rotatable bonds is 1. The van der Waals surface area contributed by atoms with Gasteiger partial charge in [0.25, 0.3) is 0 Å². The summed E-state index contributed by atoms with van der Waals surface area (Å²) in [4.78, 5) is 11.4. The molecule has 0 radical (unpaired) electrons. The maximum atomic E-state index is 11.4. The third-order valence-electron chi connectivity index (χ3n) is 2.21. The molecule has 0 saturated heterocycles. The molecule has 4 nitrogen and oxygen atoms in total. The van der Waals surface area contributed by atoms with Gasteiger partial charge in [-0.3, -0.25) is 0 Å². The van der Waals surface area contributed by atoms with Crippen LogP contribution in [0.5, 0.6) is 0 Å². The van der Waals surface area contributed by atoms with Crippen molar-refractivity contribution in [1.29, 1.82) is 0 Å². The Morgan fingerprint density at radius 2 is 2.07 bits per heavy atom. The van der Waals surface area contributed by atoms with Gasteiger partial charge in [0.05, 0.1) is 18.1 Å². The Morgan fingerprint density at radius 3 is 2.80 bits per heavy atom. The van der Waals surface area contributed by atoms with E-state index in [1.807, 2.05) is 0 Å². The van der Waals surface area contributed by atoms with E-state index in [9.17, 15) is 10.0 Å². The number of pyridine rings is 1. The summed E-state index contributed by atoms with van der Waals surface area (Å²) in [6.45, 7) is 0. The lowest BCUT2D eigenvalue weighted by Gasteiger charge is -2.04. The summed E-state index contributed by atoms with van der Waals surface area (Å²) in [5, 5.41) is 12.0. The highest BCUT2D eigenvalue weighted by atomic mass is 16.5. The number of hydrogen-bond donors (Lipinski definition) is 0. The number of hydrogen-bond acceptors (Lipinski definition) is 3. The summed E-state index contributed by atoms with van der Waals surface area (Å²) in [7, 11) is 1.31. The molecule has 0 N–H and O–H groups in total. The molecular formula is C11H9NO3. The maximum Gasteiger partial charge on any atom is 0.338 e. The fraction of sp³-hybridized carbons (Fsp3) is 0.0909. The van der Waals surface area contributed by atoms with Crippen molar-refractivity contribution in [3.05, 3.63) is 47.3 Å². The van der Waals surface area contributed by atoms with E-state index in [1.165, 1.54) is 19.4 Å². The molecular weight excluding hydrogens is 194 g/mol. The van der Waals surface area contributed by atoms with E-state index < -0.39 is 5.97 Å². The van der Waals surface area contributed by atoms with E-state index in [0.29, 0.717) is 16.5 Å². The van der Waals surface area contributed by atoms with Gasteiger partial charge in [0.15, 0.2) is 6.20 Å². The maximum absolute atomic E-state index is 11.4. The summed E-state index contributed by atoms with van der Waals surface area (Å²) >= 11 is 0. The van der Waals surface area contributed by atoms with Crippen molar-refractivity contribution in [2.45, 2.75) is 0 Å². The second-order valence-electron chi connectivity index (χ2n) is 3.06. The van der Waals surface area contributed by atoms with Crippen molar-refractivity contribution in [2.24, 2.45) is 0 Å². The number of esters is 1. The standard InChI is InChI=1S/C11H9NO3/c1-15-11(13)9-6-7-12(14)10-5-3-2-4-8(9)10/h2-7H,1H3. The monoisotopic (exact) mass is 203 g/mol. The zero-order valence-corrected chi connectivity index (χ0v) is 8.14. The molecule has 2 rings (SSSR count). The van der Waals surface area contributed by atoms with Crippen LogP contribution in [0.1, 0.15) is 10.4 Å². The predicted octanol–water partition coefficient (Wildman–Crippen LogP) is 1.26. The number of carbonyl (C=O) groups excluding carboxylic acids is 1. The molecule has 0 amide bonds. The SMILES string of the molecule is COC(=O)c1cc[n+]([O-])c2ccccc12. The van der Waals surface area contributed by atoms with Gasteiger partial charge in [0, 0.05) is 12.1 Å². The molecule has 0 aliphatic carbocycles. The van der Waals surface area contributed by atoms with Gasteiger partial charge in [0.2, 0.25) is 5.52 Å². The second-order valence-corrected chi connectivity index (χ2v) is 3.06. The zero-order chi connectivity index (χ0) is 10.8. The van der Waals surface area contributed by atoms with Crippen molar-refractivity contribution in [1.82, 2.24) is 0 Å².